The molecular formula is C11H14N2O3. The first-order valence-electron chi connectivity index (χ1n) is 4.96. The Hall–Kier alpha value is -1.91. The van der Waals surface area contributed by atoms with Gasteiger partial charge in [0.05, 0.1) is 25.5 Å². The second-order valence-corrected chi connectivity index (χ2v) is 3.55. The summed E-state index contributed by atoms with van der Waals surface area (Å²) in [5.74, 6) is 1.28. The van der Waals surface area contributed by atoms with Crippen LogP contribution < -0.4 is 14.8 Å². The highest BCUT2D eigenvalue weighted by Gasteiger charge is 2.21. The maximum atomic E-state index is 11.5. The summed E-state index contributed by atoms with van der Waals surface area (Å²) in [6.07, 6.45) is 0. The number of fused-ring (bicyclic) bond motifs is 1. The van der Waals surface area contributed by atoms with Crippen molar-refractivity contribution in [2.75, 3.05) is 26.2 Å². The van der Waals surface area contributed by atoms with Crippen LogP contribution in [-0.2, 0) is 0 Å². The van der Waals surface area contributed by atoms with Crippen LogP contribution in [0.5, 0.6) is 11.5 Å². The zero-order valence-corrected chi connectivity index (χ0v) is 9.53. The molecule has 1 aromatic rings. The molecule has 1 heterocycles. The summed E-state index contributed by atoms with van der Waals surface area (Å²) in [5.41, 5.74) is 2.41. The van der Waals surface area contributed by atoms with E-state index in [0.29, 0.717) is 17.2 Å². The molecule has 0 radical (unpaired) electrons. The Bertz CT molecular complexity index is 455. The fourth-order valence-corrected chi connectivity index (χ4v) is 1.73. The van der Waals surface area contributed by atoms with Crippen LogP contribution in [0.15, 0.2) is 12.1 Å². The number of benzene rings is 1. The lowest BCUT2D eigenvalue weighted by molar-refractivity contribution is -0.451. The first kappa shape index (κ1) is 10.6. The van der Waals surface area contributed by atoms with E-state index in [2.05, 4.69) is 5.32 Å². The van der Waals surface area contributed by atoms with Gasteiger partial charge in [-0.25, -0.2) is 0 Å². The van der Waals surface area contributed by atoms with Gasteiger partial charge in [0.1, 0.15) is 0 Å². The van der Waals surface area contributed by atoms with Crippen molar-refractivity contribution in [2.24, 2.45) is 0 Å². The standard InChI is InChI=1S/C11H14N2O3/c1-7-8-4-10(15-2)11(16-3)5-9(8)12-6-13(7)14/h4-5,12H,6H2,1-3H3. The normalized spacial score (nSPS) is 14.2. The minimum atomic E-state index is 0.258. The van der Waals surface area contributed by atoms with Gasteiger partial charge in [-0.05, 0) is 6.07 Å². The van der Waals surface area contributed by atoms with Gasteiger partial charge in [0.25, 0.3) is 0 Å². The minimum Gasteiger partial charge on any atom is -0.622 e. The molecule has 1 aliphatic rings. The lowest BCUT2D eigenvalue weighted by Crippen LogP contribution is -2.27. The van der Waals surface area contributed by atoms with Gasteiger partial charge < -0.3 is 20.0 Å². The van der Waals surface area contributed by atoms with Crippen LogP contribution in [0.2, 0.25) is 0 Å². The summed E-state index contributed by atoms with van der Waals surface area (Å²) in [7, 11) is 3.16. The van der Waals surface area contributed by atoms with Crippen LogP contribution in [-0.4, -0.2) is 31.3 Å². The summed E-state index contributed by atoms with van der Waals surface area (Å²) in [6, 6.07) is 3.64. The lowest BCUT2D eigenvalue weighted by Gasteiger charge is -2.20. The first-order chi connectivity index (χ1) is 7.67. The van der Waals surface area contributed by atoms with Crippen molar-refractivity contribution in [3.05, 3.63) is 22.9 Å². The fourth-order valence-electron chi connectivity index (χ4n) is 1.73. The van der Waals surface area contributed by atoms with E-state index < -0.39 is 0 Å². The number of nitrogens with zero attached hydrogens (tertiary/aromatic N) is 1. The summed E-state index contributed by atoms with van der Waals surface area (Å²) in [4.78, 5) is 0. The van der Waals surface area contributed by atoms with Crippen LogP contribution in [0.4, 0.5) is 5.69 Å². The highest BCUT2D eigenvalue weighted by atomic mass is 16.5. The molecule has 0 aromatic heterocycles. The first-order valence-corrected chi connectivity index (χ1v) is 4.96. The van der Waals surface area contributed by atoms with Gasteiger partial charge in [0, 0.05) is 13.0 Å². The summed E-state index contributed by atoms with van der Waals surface area (Å²) >= 11 is 0. The van der Waals surface area contributed by atoms with Crippen molar-refractivity contribution in [3.8, 4) is 11.5 Å². The number of rotatable bonds is 2. The Morgan fingerprint density at radius 3 is 2.50 bits per heavy atom. The van der Waals surface area contributed by atoms with Crippen molar-refractivity contribution in [1.29, 1.82) is 0 Å². The SMILES string of the molecule is COc1cc2c(cc1OC)C(C)=[N+]([O-])CN2. The third-order valence-corrected chi connectivity index (χ3v) is 2.70. The Labute approximate surface area is 93.9 Å². The number of hydroxylamine groups is 1. The maximum Gasteiger partial charge on any atom is 0.226 e. The molecule has 0 fully saturated rings. The van der Waals surface area contributed by atoms with E-state index in [1.165, 1.54) is 0 Å². The van der Waals surface area contributed by atoms with E-state index in [0.717, 1.165) is 16.0 Å². The molecule has 0 spiro atoms. The molecule has 0 saturated heterocycles. The largest absolute Gasteiger partial charge is 0.622 e. The summed E-state index contributed by atoms with van der Waals surface area (Å²) in [6.45, 7) is 2.05. The number of nitrogens with one attached hydrogen (secondary N) is 1. The van der Waals surface area contributed by atoms with E-state index in [9.17, 15) is 5.21 Å². The fraction of sp³-hybridized carbons (Fsp3) is 0.364. The highest BCUT2D eigenvalue weighted by Crippen LogP contribution is 2.34. The Morgan fingerprint density at radius 2 is 1.88 bits per heavy atom. The van der Waals surface area contributed by atoms with E-state index in [1.54, 1.807) is 27.2 Å². The van der Waals surface area contributed by atoms with Crippen LogP contribution in [0.3, 0.4) is 0 Å². The highest BCUT2D eigenvalue weighted by molar-refractivity contribution is 6.02. The van der Waals surface area contributed by atoms with E-state index in [-0.39, 0.29) is 6.67 Å². The van der Waals surface area contributed by atoms with Crippen LogP contribution in [0.25, 0.3) is 0 Å². The molecule has 5 nitrogen and oxygen atoms in total. The topological polar surface area (TPSA) is 56.6 Å². The van der Waals surface area contributed by atoms with E-state index >= 15 is 0 Å². The number of methoxy groups -OCH3 is 2. The molecule has 0 bridgehead atoms. The number of hydrogen-bond acceptors (Lipinski definition) is 4. The van der Waals surface area contributed by atoms with Gasteiger partial charge in [-0.15, -0.1) is 0 Å². The molecule has 16 heavy (non-hydrogen) atoms. The molecule has 0 saturated carbocycles. The Kier molecular flexibility index (Phi) is 2.60. The smallest absolute Gasteiger partial charge is 0.226 e. The van der Waals surface area contributed by atoms with Crippen molar-refractivity contribution in [1.82, 2.24) is 0 Å². The molecular weight excluding hydrogens is 208 g/mol. The van der Waals surface area contributed by atoms with Gasteiger partial charge in [-0.2, -0.15) is 4.74 Å². The van der Waals surface area contributed by atoms with Crippen molar-refractivity contribution in [2.45, 2.75) is 6.92 Å². The molecule has 0 amide bonds. The average molecular weight is 222 g/mol. The Balaban J connectivity index is 2.58. The molecule has 0 unspecified atom stereocenters. The van der Waals surface area contributed by atoms with Crippen LogP contribution in [0.1, 0.15) is 12.5 Å². The van der Waals surface area contributed by atoms with Crippen molar-refractivity contribution < 1.29 is 14.2 Å². The molecule has 2 rings (SSSR count). The van der Waals surface area contributed by atoms with Crippen molar-refractivity contribution >= 4 is 11.4 Å². The monoisotopic (exact) mass is 222 g/mol. The predicted octanol–water partition coefficient (Wildman–Crippen LogP) is 1.41. The molecule has 5 heteroatoms. The molecule has 0 atom stereocenters. The second-order valence-electron chi connectivity index (χ2n) is 3.55. The number of hydrogen-bond donors (Lipinski definition) is 1. The van der Waals surface area contributed by atoms with Gasteiger partial charge in [-0.3, -0.25) is 0 Å². The summed E-state index contributed by atoms with van der Waals surface area (Å²) in [5, 5.41) is 14.5. The average Bonchev–Trinajstić information content (AvgIpc) is 2.32. The number of anilines is 1. The molecule has 0 aliphatic carbocycles. The maximum absolute atomic E-state index is 11.5. The zero-order chi connectivity index (χ0) is 11.7. The van der Waals surface area contributed by atoms with Crippen LogP contribution in [0, 0.1) is 5.21 Å². The summed E-state index contributed by atoms with van der Waals surface area (Å²) < 4.78 is 11.3. The predicted molar refractivity (Wildman–Crippen MR) is 61.4 cm³/mol. The van der Waals surface area contributed by atoms with Gasteiger partial charge in [0.15, 0.2) is 17.2 Å². The van der Waals surface area contributed by atoms with Crippen molar-refractivity contribution in [3.63, 3.8) is 0 Å². The second kappa shape index (κ2) is 3.92. The molecule has 1 N–H and O–H groups in total. The zero-order valence-electron chi connectivity index (χ0n) is 9.53. The lowest BCUT2D eigenvalue weighted by atomic mass is 10.1. The van der Waals surface area contributed by atoms with Gasteiger partial charge >= 0.3 is 0 Å². The number of ether oxygens (including phenoxy) is 2. The van der Waals surface area contributed by atoms with E-state index in [1.807, 2.05) is 6.07 Å². The Morgan fingerprint density at radius 1 is 1.25 bits per heavy atom. The minimum absolute atomic E-state index is 0.258. The molecule has 1 aromatic carbocycles. The molecule has 1 aliphatic heterocycles. The van der Waals surface area contributed by atoms with Gasteiger partial charge in [-0.1, -0.05) is 0 Å². The van der Waals surface area contributed by atoms with Crippen LogP contribution >= 0.6 is 0 Å². The van der Waals surface area contributed by atoms with E-state index in [4.69, 9.17) is 9.47 Å². The third kappa shape index (κ3) is 1.54. The quantitative estimate of drug-likeness (QED) is 0.607. The van der Waals surface area contributed by atoms with Gasteiger partial charge in [0.2, 0.25) is 6.67 Å². The molecule has 86 valence electrons. The third-order valence-electron chi connectivity index (χ3n) is 2.70.